The SMILES string of the molecule is CC/C(=C(\c1ccc(O)cc1)c1ccc(NCCCn2[nH]c(COC)cc2=O)cc1)c1ccccc1. The number of nitrogens with zero attached hydrogens (tertiary/aromatic N) is 1. The number of aromatic amines is 1. The summed E-state index contributed by atoms with van der Waals surface area (Å²) in [6, 6.07) is 27.9. The first-order valence-electron chi connectivity index (χ1n) is 12.3. The van der Waals surface area contributed by atoms with Crippen LogP contribution in [0.15, 0.2) is 89.7 Å². The molecule has 0 saturated heterocycles. The van der Waals surface area contributed by atoms with E-state index in [9.17, 15) is 9.90 Å². The number of allylic oxidation sites excluding steroid dienone is 1. The van der Waals surface area contributed by atoms with Crippen molar-refractivity contribution < 1.29 is 9.84 Å². The van der Waals surface area contributed by atoms with Crippen LogP contribution in [0.2, 0.25) is 0 Å². The highest BCUT2D eigenvalue weighted by atomic mass is 16.5. The molecule has 4 aromatic rings. The smallest absolute Gasteiger partial charge is 0.266 e. The summed E-state index contributed by atoms with van der Waals surface area (Å²) in [5.74, 6) is 0.256. The fraction of sp³-hybridized carbons (Fsp3) is 0.233. The fourth-order valence-corrected chi connectivity index (χ4v) is 4.42. The Kier molecular flexibility index (Phi) is 8.42. The van der Waals surface area contributed by atoms with Crippen molar-refractivity contribution in [3.05, 3.63) is 118 Å². The Morgan fingerprint density at radius 3 is 2.25 bits per heavy atom. The zero-order valence-corrected chi connectivity index (χ0v) is 20.8. The van der Waals surface area contributed by atoms with Gasteiger partial charge < -0.3 is 15.2 Å². The highest BCUT2D eigenvalue weighted by Gasteiger charge is 2.13. The lowest BCUT2D eigenvalue weighted by Gasteiger charge is -2.17. The first kappa shape index (κ1) is 25.1. The van der Waals surface area contributed by atoms with E-state index in [1.807, 2.05) is 18.2 Å². The number of anilines is 1. The Morgan fingerprint density at radius 2 is 1.61 bits per heavy atom. The van der Waals surface area contributed by atoms with Gasteiger partial charge in [-0.1, -0.05) is 61.5 Å². The minimum absolute atomic E-state index is 0.0369. The van der Waals surface area contributed by atoms with E-state index in [0.717, 1.165) is 47.5 Å². The van der Waals surface area contributed by atoms with Gasteiger partial charge in [-0.2, -0.15) is 0 Å². The fourth-order valence-electron chi connectivity index (χ4n) is 4.42. The molecule has 0 aliphatic rings. The van der Waals surface area contributed by atoms with Crippen molar-refractivity contribution in [1.82, 2.24) is 9.78 Å². The Hall–Kier alpha value is -4.03. The summed E-state index contributed by atoms with van der Waals surface area (Å²) in [5, 5.41) is 16.4. The summed E-state index contributed by atoms with van der Waals surface area (Å²) in [7, 11) is 1.61. The van der Waals surface area contributed by atoms with E-state index in [1.165, 1.54) is 11.1 Å². The second-order valence-corrected chi connectivity index (χ2v) is 8.68. The Bertz CT molecular complexity index is 1330. The number of H-pyrrole nitrogens is 1. The average molecular weight is 484 g/mol. The summed E-state index contributed by atoms with van der Waals surface area (Å²) in [6.45, 7) is 3.93. The molecule has 186 valence electrons. The highest BCUT2D eigenvalue weighted by Crippen LogP contribution is 2.35. The molecule has 6 heteroatoms. The van der Waals surface area contributed by atoms with Crippen LogP contribution >= 0.6 is 0 Å². The molecule has 0 fully saturated rings. The number of rotatable bonds is 11. The topological polar surface area (TPSA) is 79.3 Å². The van der Waals surface area contributed by atoms with Crippen molar-refractivity contribution in [3.8, 4) is 5.75 Å². The molecule has 0 amide bonds. The van der Waals surface area contributed by atoms with Crippen molar-refractivity contribution in [1.29, 1.82) is 0 Å². The van der Waals surface area contributed by atoms with Crippen LogP contribution in [-0.2, 0) is 17.9 Å². The molecule has 36 heavy (non-hydrogen) atoms. The lowest BCUT2D eigenvalue weighted by molar-refractivity contribution is 0.180. The molecule has 0 saturated carbocycles. The first-order chi connectivity index (χ1) is 17.6. The van der Waals surface area contributed by atoms with Gasteiger partial charge in [-0.15, -0.1) is 0 Å². The van der Waals surface area contributed by atoms with Crippen LogP contribution < -0.4 is 10.9 Å². The van der Waals surface area contributed by atoms with E-state index < -0.39 is 0 Å². The van der Waals surface area contributed by atoms with Gasteiger partial charge in [0.15, 0.2) is 0 Å². The lowest BCUT2D eigenvalue weighted by atomic mass is 9.88. The van der Waals surface area contributed by atoms with Gasteiger partial charge in [0.1, 0.15) is 5.75 Å². The standard InChI is InChI=1S/C30H33N3O3/c1-3-28(22-8-5-4-6-9-22)30(24-12-16-27(34)17-13-24)23-10-14-25(15-11-23)31-18-7-19-33-29(35)20-26(32-33)21-36-2/h4-6,8-17,20,31-32,34H,3,7,18-19,21H2,1-2H3/b30-28+. The van der Waals surface area contributed by atoms with Crippen LogP contribution in [-0.4, -0.2) is 28.5 Å². The van der Waals surface area contributed by atoms with E-state index in [0.29, 0.717) is 13.2 Å². The molecule has 0 bridgehead atoms. The van der Waals surface area contributed by atoms with Crippen molar-refractivity contribution in [2.24, 2.45) is 0 Å². The average Bonchev–Trinajstić information content (AvgIpc) is 3.25. The van der Waals surface area contributed by atoms with Crippen molar-refractivity contribution in [2.75, 3.05) is 19.0 Å². The third kappa shape index (κ3) is 6.15. The van der Waals surface area contributed by atoms with Crippen LogP contribution in [0.1, 0.15) is 42.1 Å². The summed E-state index contributed by atoms with van der Waals surface area (Å²) in [4.78, 5) is 12.0. The summed E-state index contributed by atoms with van der Waals surface area (Å²) < 4.78 is 6.69. The quantitative estimate of drug-likeness (QED) is 0.183. The molecule has 0 spiro atoms. The summed E-state index contributed by atoms with van der Waals surface area (Å²) in [6.07, 6.45) is 1.69. The van der Waals surface area contributed by atoms with Crippen LogP contribution in [0.25, 0.3) is 11.1 Å². The van der Waals surface area contributed by atoms with E-state index in [2.05, 4.69) is 65.9 Å². The number of phenols is 1. The number of hydrogen-bond acceptors (Lipinski definition) is 4. The third-order valence-corrected chi connectivity index (χ3v) is 6.14. The number of methoxy groups -OCH3 is 1. The molecular formula is C30H33N3O3. The first-order valence-corrected chi connectivity index (χ1v) is 12.3. The van der Waals surface area contributed by atoms with Gasteiger partial charge in [0, 0.05) is 32.0 Å². The maximum atomic E-state index is 12.0. The maximum Gasteiger partial charge on any atom is 0.266 e. The molecule has 0 aliphatic carbocycles. The number of nitrogens with one attached hydrogen (secondary N) is 2. The number of benzene rings is 3. The molecule has 0 radical (unpaired) electrons. The second-order valence-electron chi connectivity index (χ2n) is 8.68. The minimum atomic E-state index is -0.0369. The number of aromatic hydroxyl groups is 1. The van der Waals surface area contributed by atoms with Crippen LogP contribution in [0.3, 0.4) is 0 Å². The van der Waals surface area contributed by atoms with Gasteiger partial charge in [-0.25, -0.2) is 0 Å². The molecule has 4 rings (SSSR count). The molecule has 0 aliphatic heterocycles. The van der Waals surface area contributed by atoms with Crippen molar-refractivity contribution in [2.45, 2.75) is 32.9 Å². The Morgan fingerprint density at radius 1 is 0.944 bits per heavy atom. The van der Waals surface area contributed by atoms with E-state index in [4.69, 9.17) is 4.74 Å². The number of aryl methyl sites for hydroxylation is 1. The van der Waals surface area contributed by atoms with E-state index in [1.54, 1.807) is 30.0 Å². The predicted octanol–water partition coefficient (Wildman–Crippen LogP) is 5.90. The Labute approximate surface area is 211 Å². The molecule has 1 heterocycles. The van der Waals surface area contributed by atoms with Gasteiger partial charge in [0.2, 0.25) is 0 Å². The van der Waals surface area contributed by atoms with Gasteiger partial charge in [-0.3, -0.25) is 14.6 Å². The van der Waals surface area contributed by atoms with Crippen molar-refractivity contribution in [3.63, 3.8) is 0 Å². The number of aromatic nitrogens is 2. The monoisotopic (exact) mass is 483 g/mol. The number of ether oxygens (including phenoxy) is 1. The summed E-state index contributed by atoms with van der Waals surface area (Å²) >= 11 is 0. The van der Waals surface area contributed by atoms with Crippen LogP contribution in [0.5, 0.6) is 5.75 Å². The normalized spacial score (nSPS) is 11.8. The second kappa shape index (κ2) is 12.1. The van der Waals surface area contributed by atoms with Crippen LogP contribution in [0, 0.1) is 0 Å². The molecule has 3 aromatic carbocycles. The number of hydrogen-bond donors (Lipinski definition) is 3. The zero-order chi connectivity index (χ0) is 25.3. The lowest BCUT2D eigenvalue weighted by Crippen LogP contribution is -2.17. The van der Waals surface area contributed by atoms with E-state index >= 15 is 0 Å². The molecule has 0 unspecified atom stereocenters. The maximum absolute atomic E-state index is 12.0. The largest absolute Gasteiger partial charge is 0.508 e. The molecule has 6 nitrogen and oxygen atoms in total. The Balaban J connectivity index is 1.50. The van der Waals surface area contributed by atoms with E-state index in [-0.39, 0.29) is 11.3 Å². The predicted molar refractivity (Wildman–Crippen MR) is 146 cm³/mol. The minimum Gasteiger partial charge on any atom is -0.508 e. The van der Waals surface area contributed by atoms with Gasteiger partial charge in [0.25, 0.3) is 5.56 Å². The highest BCUT2D eigenvalue weighted by molar-refractivity contribution is 5.98. The molecular weight excluding hydrogens is 450 g/mol. The molecule has 1 aromatic heterocycles. The summed E-state index contributed by atoms with van der Waals surface area (Å²) in [5.41, 5.74) is 7.57. The van der Waals surface area contributed by atoms with Gasteiger partial charge in [-0.05, 0) is 64.9 Å². The number of phenolic OH excluding ortho intramolecular Hbond substituents is 1. The zero-order valence-electron chi connectivity index (χ0n) is 20.8. The van der Waals surface area contributed by atoms with Crippen molar-refractivity contribution >= 4 is 16.8 Å². The molecule has 0 atom stereocenters. The molecule has 3 N–H and O–H groups in total. The third-order valence-electron chi connectivity index (χ3n) is 6.14. The van der Waals surface area contributed by atoms with Gasteiger partial charge >= 0.3 is 0 Å². The van der Waals surface area contributed by atoms with Crippen LogP contribution in [0.4, 0.5) is 5.69 Å². The van der Waals surface area contributed by atoms with Gasteiger partial charge in [0.05, 0.1) is 12.3 Å².